The average molecular weight is 268 g/mol. The largest absolute Gasteiger partial charge is 0.314 e. The van der Waals surface area contributed by atoms with E-state index >= 15 is 0 Å². The third kappa shape index (κ3) is 4.88. The first-order valence-corrected chi connectivity index (χ1v) is 7.05. The number of hydrogen-bond donors (Lipinski definition) is 2. The van der Waals surface area contributed by atoms with Crippen molar-refractivity contribution in [2.45, 2.75) is 44.7 Å². The van der Waals surface area contributed by atoms with Gasteiger partial charge in [0.2, 0.25) is 0 Å². The van der Waals surface area contributed by atoms with Gasteiger partial charge in [-0.2, -0.15) is 0 Å². The Balaban J connectivity index is 1.70. The fourth-order valence-corrected chi connectivity index (χ4v) is 2.69. The van der Waals surface area contributed by atoms with Crippen molar-refractivity contribution in [2.75, 3.05) is 13.1 Å². The maximum absolute atomic E-state index is 13.0. The van der Waals surface area contributed by atoms with Crippen LogP contribution < -0.4 is 10.6 Å². The summed E-state index contributed by atoms with van der Waals surface area (Å²) in [5.41, 5.74) is 0.705. The van der Waals surface area contributed by atoms with E-state index in [1.165, 1.54) is 25.0 Å². The van der Waals surface area contributed by atoms with E-state index in [9.17, 15) is 8.78 Å². The zero-order chi connectivity index (χ0) is 13.7. The Morgan fingerprint density at radius 3 is 2.68 bits per heavy atom. The van der Waals surface area contributed by atoms with Crippen LogP contribution in [0.3, 0.4) is 0 Å². The van der Waals surface area contributed by atoms with Gasteiger partial charge < -0.3 is 10.6 Å². The van der Waals surface area contributed by atoms with Crippen molar-refractivity contribution in [1.29, 1.82) is 0 Å². The minimum absolute atomic E-state index is 0.425. The molecule has 1 aromatic carbocycles. The number of hydrogen-bond acceptors (Lipinski definition) is 2. The van der Waals surface area contributed by atoms with Gasteiger partial charge in [-0.1, -0.05) is 0 Å². The summed E-state index contributed by atoms with van der Waals surface area (Å²) in [6, 6.07) is 4.75. The summed E-state index contributed by atoms with van der Waals surface area (Å²) in [7, 11) is 0. The summed E-state index contributed by atoms with van der Waals surface area (Å²) < 4.78 is 26.0. The molecule has 19 heavy (non-hydrogen) atoms. The lowest BCUT2D eigenvalue weighted by molar-refractivity contribution is 0.442. The van der Waals surface area contributed by atoms with E-state index in [1.54, 1.807) is 0 Å². The molecule has 2 unspecified atom stereocenters. The summed E-state index contributed by atoms with van der Waals surface area (Å²) in [5.74, 6) is -1.00. The summed E-state index contributed by atoms with van der Waals surface area (Å²) >= 11 is 0. The molecule has 4 heteroatoms. The molecule has 106 valence electrons. The van der Waals surface area contributed by atoms with E-state index in [0.717, 1.165) is 25.6 Å². The highest BCUT2D eigenvalue weighted by Crippen LogP contribution is 2.11. The molecule has 2 rings (SSSR count). The first kappa shape index (κ1) is 14.4. The maximum atomic E-state index is 13.0. The van der Waals surface area contributed by atoms with Gasteiger partial charge in [-0.15, -0.1) is 0 Å². The van der Waals surface area contributed by atoms with Crippen molar-refractivity contribution >= 4 is 0 Å². The molecule has 1 heterocycles. The molecule has 0 bridgehead atoms. The molecular formula is C15H22F2N2. The van der Waals surface area contributed by atoms with Crippen LogP contribution in [0.1, 0.15) is 31.7 Å². The third-order valence-electron chi connectivity index (χ3n) is 3.63. The van der Waals surface area contributed by atoms with E-state index < -0.39 is 11.6 Å². The lowest BCUT2D eigenvalue weighted by Crippen LogP contribution is -2.34. The van der Waals surface area contributed by atoms with E-state index in [0.29, 0.717) is 24.1 Å². The first-order valence-electron chi connectivity index (χ1n) is 7.05. The summed E-state index contributed by atoms with van der Waals surface area (Å²) in [5, 5.41) is 6.88. The molecule has 2 nitrogen and oxygen atoms in total. The quantitative estimate of drug-likeness (QED) is 0.829. The molecule has 2 atom stereocenters. The molecule has 0 aromatic heterocycles. The third-order valence-corrected chi connectivity index (χ3v) is 3.63. The molecular weight excluding hydrogens is 246 g/mol. The Bertz CT molecular complexity index is 383. The highest BCUT2D eigenvalue weighted by atomic mass is 19.1. The second-order valence-electron chi connectivity index (χ2n) is 5.41. The normalized spacial score (nSPS) is 20.7. The topological polar surface area (TPSA) is 24.1 Å². The second-order valence-corrected chi connectivity index (χ2v) is 5.41. The smallest absolute Gasteiger partial charge is 0.126 e. The van der Waals surface area contributed by atoms with E-state index in [2.05, 4.69) is 17.6 Å². The first-order chi connectivity index (χ1) is 9.13. The standard InChI is InChI=1S/C15H22F2N2/c1-11(7-15-3-2-5-19-15)18-6-4-12-8-13(16)10-14(17)9-12/h8-11,15,18-19H,2-7H2,1H3. The van der Waals surface area contributed by atoms with Crippen LogP contribution >= 0.6 is 0 Å². The van der Waals surface area contributed by atoms with Crippen molar-refractivity contribution < 1.29 is 8.78 Å². The van der Waals surface area contributed by atoms with Crippen LogP contribution in [-0.4, -0.2) is 25.2 Å². The summed E-state index contributed by atoms with van der Waals surface area (Å²) in [4.78, 5) is 0. The van der Waals surface area contributed by atoms with Crippen LogP contribution in [0, 0.1) is 11.6 Å². The molecule has 1 aromatic rings. The van der Waals surface area contributed by atoms with Gasteiger partial charge in [-0.05, 0) is 63.4 Å². The summed E-state index contributed by atoms with van der Waals surface area (Å²) in [6.07, 6.45) is 4.27. The Kier molecular flexibility index (Phi) is 5.28. The lowest BCUT2D eigenvalue weighted by atomic mass is 10.1. The van der Waals surface area contributed by atoms with Crippen molar-refractivity contribution in [3.8, 4) is 0 Å². The van der Waals surface area contributed by atoms with Crippen LogP contribution in [-0.2, 0) is 6.42 Å². The highest BCUT2D eigenvalue weighted by molar-refractivity contribution is 5.18. The minimum atomic E-state index is -0.502. The number of halogens is 2. The van der Waals surface area contributed by atoms with Gasteiger partial charge in [0, 0.05) is 18.2 Å². The molecule has 1 fully saturated rings. The van der Waals surface area contributed by atoms with E-state index in [1.807, 2.05) is 0 Å². The Morgan fingerprint density at radius 1 is 1.32 bits per heavy atom. The van der Waals surface area contributed by atoms with E-state index in [4.69, 9.17) is 0 Å². The monoisotopic (exact) mass is 268 g/mol. The zero-order valence-electron chi connectivity index (χ0n) is 11.4. The maximum Gasteiger partial charge on any atom is 0.126 e. The van der Waals surface area contributed by atoms with Crippen LogP contribution in [0.15, 0.2) is 18.2 Å². The number of nitrogens with one attached hydrogen (secondary N) is 2. The zero-order valence-corrected chi connectivity index (χ0v) is 11.4. The molecule has 0 amide bonds. The molecule has 0 aliphatic carbocycles. The minimum Gasteiger partial charge on any atom is -0.314 e. The lowest BCUT2D eigenvalue weighted by Gasteiger charge is -2.18. The molecule has 0 spiro atoms. The van der Waals surface area contributed by atoms with Crippen molar-refractivity contribution in [2.24, 2.45) is 0 Å². The van der Waals surface area contributed by atoms with Gasteiger partial charge in [-0.25, -0.2) is 8.78 Å². The number of rotatable bonds is 6. The molecule has 1 aliphatic rings. The van der Waals surface area contributed by atoms with Gasteiger partial charge in [-0.3, -0.25) is 0 Å². The van der Waals surface area contributed by atoms with Crippen LogP contribution in [0.25, 0.3) is 0 Å². The predicted octanol–water partition coefficient (Wildman–Crippen LogP) is 2.63. The fourth-order valence-electron chi connectivity index (χ4n) is 2.69. The van der Waals surface area contributed by atoms with Crippen molar-refractivity contribution in [1.82, 2.24) is 10.6 Å². The summed E-state index contributed by atoms with van der Waals surface area (Å²) in [6.45, 7) is 4.03. The van der Waals surface area contributed by atoms with Crippen molar-refractivity contribution in [3.63, 3.8) is 0 Å². The van der Waals surface area contributed by atoms with Gasteiger partial charge in [0.05, 0.1) is 0 Å². The van der Waals surface area contributed by atoms with Gasteiger partial charge in [0.25, 0.3) is 0 Å². The highest BCUT2D eigenvalue weighted by Gasteiger charge is 2.16. The van der Waals surface area contributed by atoms with Crippen molar-refractivity contribution in [3.05, 3.63) is 35.4 Å². The van der Waals surface area contributed by atoms with E-state index in [-0.39, 0.29) is 0 Å². The number of benzene rings is 1. The van der Waals surface area contributed by atoms with Gasteiger partial charge in [0.1, 0.15) is 11.6 Å². The molecule has 2 N–H and O–H groups in total. The Hall–Kier alpha value is -1.00. The predicted molar refractivity (Wildman–Crippen MR) is 73.2 cm³/mol. The van der Waals surface area contributed by atoms with Crippen LogP contribution in [0.5, 0.6) is 0 Å². The van der Waals surface area contributed by atoms with Crippen LogP contribution in [0.2, 0.25) is 0 Å². The average Bonchev–Trinajstić information content (AvgIpc) is 2.80. The Labute approximate surface area is 113 Å². The second kappa shape index (κ2) is 6.96. The molecule has 1 aliphatic heterocycles. The molecule has 1 saturated heterocycles. The van der Waals surface area contributed by atoms with Crippen LogP contribution in [0.4, 0.5) is 8.78 Å². The van der Waals surface area contributed by atoms with Gasteiger partial charge >= 0.3 is 0 Å². The molecule has 0 saturated carbocycles. The Morgan fingerprint density at radius 2 is 2.05 bits per heavy atom. The van der Waals surface area contributed by atoms with Gasteiger partial charge in [0.15, 0.2) is 0 Å². The SMILES string of the molecule is CC(CC1CCCN1)NCCc1cc(F)cc(F)c1. The molecule has 0 radical (unpaired) electrons. The fraction of sp³-hybridized carbons (Fsp3) is 0.600.